The first-order valence-electron chi connectivity index (χ1n) is 7.93. The molecule has 0 spiro atoms. The standard InChI is InChI=1S/C16H21N3O6.ClH/c1-10(18-7-3-4-11(9-18)16(21)22)15(20)17-13-6-5-12(25-2)8-14(13)19(23)24;/h5-6,8,10-11H,3-4,7,9H2,1-2H3,(H,17,20)(H,21,22);1H. The monoisotopic (exact) mass is 387 g/mol. The van der Waals surface area contributed by atoms with Crippen LogP contribution in [0.15, 0.2) is 18.2 Å². The SMILES string of the molecule is COc1ccc(NC(=O)C(C)N2CCCC(C(=O)O)C2)c([N+](=O)[O-])c1.Cl. The molecule has 1 aliphatic heterocycles. The number of piperidine rings is 1. The van der Waals surface area contributed by atoms with Crippen molar-refractivity contribution in [2.24, 2.45) is 5.92 Å². The molecule has 0 bridgehead atoms. The van der Waals surface area contributed by atoms with Crippen molar-refractivity contribution in [3.63, 3.8) is 0 Å². The Kier molecular flexibility index (Phi) is 7.78. The molecule has 1 aliphatic rings. The molecular weight excluding hydrogens is 366 g/mol. The van der Waals surface area contributed by atoms with Crippen LogP contribution in [0.3, 0.4) is 0 Å². The van der Waals surface area contributed by atoms with Crippen LogP contribution in [0.4, 0.5) is 11.4 Å². The molecule has 9 nitrogen and oxygen atoms in total. The summed E-state index contributed by atoms with van der Waals surface area (Å²) in [5.74, 6) is -1.47. The minimum absolute atomic E-state index is 0. The fourth-order valence-electron chi connectivity index (χ4n) is 2.86. The molecule has 1 saturated heterocycles. The summed E-state index contributed by atoms with van der Waals surface area (Å²) in [7, 11) is 1.40. The lowest BCUT2D eigenvalue weighted by Crippen LogP contribution is -2.48. The Bertz CT molecular complexity index is 684. The van der Waals surface area contributed by atoms with E-state index in [1.807, 2.05) is 0 Å². The maximum Gasteiger partial charge on any atom is 0.307 e. The molecule has 2 unspecified atom stereocenters. The Morgan fingerprint density at radius 3 is 2.73 bits per heavy atom. The zero-order valence-corrected chi connectivity index (χ0v) is 15.3. The van der Waals surface area contributed by atoms with Gasteiger partial charge in [-0.25, -0.2) is 0 Å². The molecule has 0 saturated carbocycles. The first-order chi connectivity index (χ1) is 11.8. The topological polar surface area (TPSA) is 122 Å². The highest BCUT2D eigenvalue weighted by Gasteiger charge is 2.31. The Hall–Kier alpha value is -2.39. The number of nitrogens with one attached hydrogen (secondary N) is 1. The van der Waals surface area contributed by atoms with Gasteiger partial charge in [-0.05, 0) is 38.4 Å². The molecule has 0 aromatic heterocycles. The van der Waals surface area contributed by atoms with Gasteiger partial charge in [-0.2, -0.15) is 0 Å². The maximum atomic E-state index is 12.5. The third-order valence-electron chi connectivity index (χ3n) is 4.39. The largest absolute Gasteiger partial charge is 0.496 e. The zero-order chi connectivity index (χ0) is 18.6. The van der Waals surface area contributed by atoms with Crippen LogP contribution >= 0.6 is 12.4 Å². The molecule has 1 fully saturated rings. The normalized spacial score (nSPS) is 18.3. The second kappa shape index (κ2) is 9.35. The molecule has 144 valence electrons. The molecule has 1 heterocycles. The molecular formula is C16H22ClN3O6. The fraction of sp³-hybridized carbons (Fsp3) is 0.500. The summed E-state index contributed by atoms with van der Waals surface area (Å²) in [4.78, 5) is 36.0. The minimum Gasteiger partial charge on any atom is -0.496 e. The summed E-state index contributed by atoms with van der Waals surface area (Å²) in [5, 5.41) is 22.9. The van der Waals surface area contributed by atoms with Crippen molar-refractivity contribution in [1.29, 1.82) is 0 Å². The highest BCUT2D eigenvalue weighted by molar-refractivity contribution is 5.96. The van der Waals surface area contributed by atoms with E-state index in [4.69, 9.17) is 9.84 Å². The van der Waals surface area contributed by atoms with Gasteiger partial charge in [0, 0.05) is 6.54 Å². The van der Waals surface area contributed by atoms with Gasteiger partial charge in [-0.1, -0.05) is 0 Å². The summed E-state index contributed by atoms with van der Waals surface area (Å²) in [6.45, 7) is 2.56. The number of halogens is 1. The van der Waals surface area contributed by atoms with E-state index in [-0.39, 0.29) is 30.3 Å². The van der Waals surface area contributed by atoms with Crippen molar-refractivity contribution in [1.82, 2.24) is 4.90 Å². The van der Waals surface area contributed by atoms with Gasteiger partial charge in [0.05, 0.1) is 30.1 Å². The number of hydrogen-bond donors (Lipinski definition) is 2. The first-order valence-corrected chi connectivity index (χ1v) is 7.93. The molecule has 0 aliphatic carbocycles. The third kappa shape index (κ3) is 5.06. The van der Waals surface area contributed by atoms with Crippen LogP contribution in [0, 0.1) is 16.0 Å². The number of amides is 1. The number of aliphatic carboxylic acids is 1. The smallest absolute Gasteiger partial charge is 0.307 e. The summed E-state index contributed by atoms with van der Waals surface area (Å²) in [6, 6.07) is 3.58. The molecule has 2 N–H and O–H groups in total. The number of nitro benzene ring substituents is 1. The number of methoxy groups -OCH3 is 1. The number of carbonyl (C=O) groups is 2. The molecule has 2 rings (SSSR count). The van der Waals surface area contributed by atoms with E-state index >= 15 is 0 Å². The Morgan fingerprint density at radius 2 is 2.15 bits per heavy atom. The number of hydrogen-bond acceptors (Lipinski definition) is 6. The van der Waals surface area contributed by atoms with Crippen molar-refractivity contribution < 1.29 is 24.4 Å². The number of likely N-dealkylation sites (tertiary alicyclic amines) is 1. The van der Waals surface area contributed by atoms with Crippen LogP contribution < -0.4 is 10.1 Å². The second-order valence-electron chi connectivity index (χ2n) is 5.98. The highest BCUT2D eigenvalue weighted by Crippen LogP contribution is 2.29. The molecule has 1 amide bonds. The van der Waals surface area contributed by atoms with E-state index in [9.17, 15) is 19.7 Å². The molecule has 1 aromatic rings. The summed E-state index contributed by atoms with van der Waals surface area (Å²) >= 11 is 0. The number of anilines is 1. The minimum atomic E-state index is -0.872. The van der Waals surface area contributed by atoms with Gasteiger partial charge in [0.2, 0.25) is 5.91 Å². The molecule has 10 heteroatoms. The van der Waals surface area contributed by atoms with E-state index < -0.39 is 28.8 Å². The van der Waals surface area contributed by atoms with Crippen molar-refractivity contribution in [3.8, 4) is 5.75 Å². The Morgan fingerprint density at radius 1 is 1.46 bits per heavy atom. The van der Waals surface area contributed by atoms with Crippen molar-refractivity contribution in [2.75, 3.05) is 25.5 Å². The summed E-state index contributed by atoms with van der Waals surface area (Å²) < 4.78 is 4.96. The number of carboxylic acid groups (broad SMARTS) is 1. The number of benzene rings is 1. The van der Waals surface area contributed by atoms with Crippen LogP contribution in [-0.2, 0) is 9.59 Å². The van der Waals surface area contributed by atoms with E-state index in [2.05, 4.69) is 5.32 Å². The Balaban J connectivity index is 0.00000338. The van der Waals surface area contributed by atoms with Crippen molar-refractivity contribution in [2.45, 2.75) is 25.8 Å². The predicted molar refractivity (Wildman–Crippen MR) is 96.9 cm³/mol. The number of nitrogens with zero attached hydrogens (tertiary/aromatic N) is 2. The fourth-order valence-corrected chi connectivity index (χ4v) is 2.86. The van der Waals surface area contributed by atoms with E-state index in [0.717, 1.165) is 0 Å². The number of carbonyl (C=O) groups excluding carboxylic acids is 1. The number of nitro groups is 1. The van der Waals surface area contributed by atoms with Crippen LogP contribution in [0.1, 0.15) is 19.8 Å². The van der Waals surface area contributed by atoms with E-state index in [0.29, 0.717) is 25.1 Å². The molecule has 1 aromatic carbocycles. The molecule has 26 heavy (non-hydrogen) atoms. The van der Waals surface area contributed by atoms with Gasteiger partial charge in [0.15, 0.2) is 0 Å². The quantitative estimate of drug-likeness (QED) is 0.566. The summed E-state index contributed by atoms with van der Waals surface area (Å²) in [6.07, 6.45) is 1.28. The lowest BCUT2D eigenvalue weighted by Gasteiger charge is -2.34. The molecule has 2 atom stereocenters. The van der Waals surface area contributed by atoms with E-state index in [1.54, 1.807) is 11.8 Å². The second-order valence-corrected chi connectivity index (χ2v) is 5.98. The number of rotatable bonds is 6. The van der Waals surface area contributed by atoms with Crippen LogP contribution in [0.25, 0.3) is 0 Å². The van der Waals surface area contributed by atoms with Gasteiger partial charge in [0.25, 0.3) is 5.69 Å². The lowest BCUT2D eigenvalue weighted by molar-refractivity contribution is -0.384. The van der Waals surface area contributed by atoms with Gasteiger partial charge in [-0.15, -0.1) is 12.4 Å². The van der Waals surface area contributed by atoms with Crippen LogP contribution in [0.5, 0.6) is 5.75 Å². The average Bonchev–Trinajstić information content (AvgIpc) is 2.61. The van der Waals surface area contributed by atoms with Gasteiger partial charge < -0.3 is 15.2 Å². The Labute approximate surface area is 156 Å². The van der Waals surface area contributed by atoms with E-state index in [1.165, 1.54) is 25.3 Å². The first kappa shape index (κ1) is 21.7. The third-order valence-corrected chi connectivity index (χ3v) is 4.39. The lowest BCUT2D eigenvalue weighted by atomic mass is 9.97. The van der Waals surface area contributed by atoms with Gasteiger partial charge in [-0.3, -0.25) is 24.6 Å². The summed E-state index contributed by atoms with van der Waals surface area (Å²) in [5.41, 5.74) is -0.184. The van der Waals surface area contributed by atoms with Crippen LogP contribution in [-0.4, -0.2) is 53.0 Å². The zero-order valence-electron chi connectivity index (χ0n) is 14.5. The predicted octanol–water partition coefficient (Wildman–Crippen LogP) is 2.15. The van der Waals surface area contributed by atoms with Gasteiger partial charge >= 0.3 is 5.97 Å². The number of carboxylic acids is 1. The number of ether oxygens (including phenoxy) is 1. The molecule has 0 radical (unpaired) electrons. The highest BCUT2D eigenvalue weighted by atomic mass is 35.5. The van der Waals surface area contributed by atoms with Crippen molar-refractivity contribution in [3.05, 3.63) is 28.3 Å². The maximum absolute atomic E-state index is 12.5. The van der Waals surface area contributed by atoms with Crippen molar-refractivity contribution >= 4 is 35.7 Å². The average molecular weight is 388 g/mol. The van der Waals surface area contributed by atoms with Crippen LogP contribution in [0.2, 0.25) is 0 Å². The van der Waals surface area contributed by atoms with Gasteiger partial charge in [0.1, 0.15) is 11.4 Å².